The average Bonchev–Trinajstić information content (AvgIpc) is 2.15. The van der Waals surface area contributed by atoms with Gasteiger partial charge in [0.15, 0.2) is 0 Å². The summed E-state index contributed by atoms with van der Waals surface area (Å²) in [5.74, 6) is -0.652. The van der Waals surface area contributed by atoms with Gasteiger partial charge in [0.25, 0.3) is 0 Å². The summed E-state index contributed by atoms with van der Waals surface area (Å²) >= 11 is 0. The molecular formula is C11H21NO2. The zero-order valence-electron chi connectivity index (χ0n) is 9.20. The van der Waals surface area contributed by atoms with E-state index in [1.807, 2.05) is 6.92 Å². The molecule has 3 nitrogen and oxygen atoms in total. The van der Waals surface area contributed by atoms with E-state index in [1.165, 1.54) is 6.42 Å². The maximum absolute atomic E-state index is 11.1. The molecule has 1 saturated heterocycles. The van der Waals surface area contributed by atoms with Gasteiger partial charge in [-0.1, -0.05) is 19.8 Å². The molecule has 0 aliphatic carbocycles. The van der Waals surface area contributed by atoms with Crippen LogP contribution in [0.1, 0.15) is 46.0 Å². The van der Waals surface area contributed by atoms with Crippen molar-refractivity contribution in [1.82, 2.24) is 4.90 Å². The second-order valence-corrected chi connectivity index (χ2v) is 4.23. The lowest BCUT2D eigenvalue weighted by molar-refractivity contribution is -0.145. The Bertz CT molecular complexity index is 194. The normalized spacial score (nSPS) is 26.0. The molecule has 0 unspecified atom stereocenters. The smallest absolute Gasteiger partial charge is 0.320 e. The predicted octanol–water partition coefficient (Wildman–Crippen LogP) is 2.11. The second kappa shape index (κ2) is 5.35. The molecule has 1 aliphatic rings. The third kappa shape index (κ3) is 2.71. The maximum atomic E-state index is 11.1. The number of likely N-dealkylation sites (tertiary alicyclic amines) is 1. The lowest BCUT2D eigenvalue weighted by Crippen LogP contribution is -2.48. The van der Waals surface area contributed by atoms with Gasteiger partial charge in [-0.15, -0.1) is 0 Å². The number of nitrogens with zero attached hydrogens (tertiary/aromatic N) is 1. The van der Waals surface area contributed by atoms with Gasteiger partial charge in [0.1, 0.15) is 6.04 Å². The molecule has 0 amide bonds. The molecule has 1 fully saturated rings. The minimum Gasteiger partial charge on any atom is -0.480 e. The minimum absolute atomic E-state index is 0.254. The highest BCUT2D eigenvalue weighted by molar-refractivity contribution is 5.73. The SMILES string of the molecule is CCC[C@H](C(=O)O)N1CCCC[C@@H]1C. The molecule has 1 rings (SSSR count). The molecule has 0 aromatic carbocycles. The lowest BCUT2D eigenvalue weighted by atomic mass is 9.99. The first kappa shape index (κ1) is 11.5. The highest BCUT2D eigenvalue weighted by Gasteiger charge is 2.29. The number of aliphatic carboxylic acids is 1. The minimum atomic E-state index is -0.652. The van der Waals surface area contributed by atoms with Crippen molar-refractivity contribution < 1.29 is 9.90 Å². The zero-order chi connectivity index (χ0) is 10.6. The van der Waals surface area contributed by atoms with E-state index in [1.54, 1.807) is 0 Å². The van der Waals surface area contributed by atoms with Crippen molar-refractivity contribution in [3.63, 3.8) is 0 Å². The van der Waals surface area contributed by atoms with Crippen molar-refractivity contribution >= 4 is 5.97 Å². The third-order valence-electron chi connectivity index (χ3n) is 3.10. The van der Waals surface area contributed by atoms with Gasteiger partial charge in [-0.2, -0.15) is 0 Å². The summed E-state index contributed by atoms with van der Waals surface area (Å²) in [6, 6.07) is 0.187. The Hall–Kier alpha value is -0.570. The van der Waals surface area contributed by atoms with Crippen molar-refractivity contribution in [2.24, 2.45) is 0 Å². The van der Waals surface area contributed by atoms with Crippen molar-refractivity contribution in [3.8, 4) is 0 Å². The van der Waals surface area contributed by atoms with E-state index in [9.17, 15) is 4.79 Å². The fraction of sp³-hybridized carbons (Fsp3) is 0.909. The number of carboxylic acid groups (broad SMARTS) is 1. The number of hydrogen-bond donors (Lipinski definition) is 1. The molecule has 0 radical (unpaired) electrons. The first-order valence-electron chi connectivity index (χ1n) is 5.65. The van der Waals surface area contributed by atoms with Crippen LogP contribution in [0.2, 0.25) is 0 Å². The van der Waals surface area contributed by atoms with E-state index >= 15 is 0 Å². The van der Waals surface area contributed by atoms with Crippen LogP contribution in [0.3, 0.4) is 0 Å². The molecule has 14 heavy (non-hydrogen) atoms. The first-order valence-corrected chi connectivity index (χ1v) is 5.65. The fourth-order valence-electron chi connectivity index (χ4n) is 2.29. The summed E-state index contributed by atoms with van der Waals surface area (Å²) in [7, 11) is 0. The molecule has 1 aliphatic heterocycles. The van der Waals surface area contributed by atoms with Crippen LogP contribution in [-0.4, -0.2) is 34.6 Å². The summed E-state index contributed by atoms with van der Waals surface area (Å²) in [6.07, 6.45) is 5.27. The fourth-order valence-corrected chi connectivity index (χ4v) is 2.29. The highest BCUT2D eigenvalue weighted by Crippen LogP contribution is 2.21. The molecule has 1 N–H and O–H groups in total. The summed E-state index contributed by atoms with van der Waals surface area (Å²) in [5, 5.41) is 9.13. The van der Waals surface area contributed by atoms with Gasteiger partial charge in [-0.3, -0.25) is 9.69 Å². The number of carboxylic acids is 1. The standard InChI is InChI=1S/C11H21NO2/c1-3-6-10(11(13)14)12-8-5-4-7-9(12)2/h9-10H,3-8H2,1-2H3,(H,13,14)/t9-,10+/m0/s1. The molecule has 82 valence electrons. The van der Waals surface area contributed by atoms with E-state index in [-0.39, 0.29) is 6.04 Å². The average molecular weight is 199 g/mol. The molecule has 0 bridgehead atoms. The van der Waals surface area contributed by atoms with Crippen LogP contribution in [-0.2, 0) is 4.79 Å². The van der Waals surface area contributed by atoms with Crippen LogP contribution in [0.25, 0.3) is 0 Å². The first-order chi connectivity index (χ1) is 6.66. The monoisotopic (exact) mass is 199 g/mol. The van der Waals surface area contributed by atoms with Gasteiger partial charge >= 0.3 is 5.97 Å². The Morgan fingerprint density at radius 2 is 2.29 bits per heavy atom. The van der Waals surface area contributed by atoms with Gasteiger partial charge < -0.3 is 5.11 Å². The van der Waals surface area contributed by atoms with E-state index in [0.29, 0.717) is 6.04 Å². The van der Waals surface area contributed by atoms with Crippen LogP contribution >= 0.6 is 0 Å². The number of piperidine rings is 1. The summed E-state index contributed by atoms with van der Waals surface area (Å²) in [5.41, 5.74) is 0. The van der Waals surface area contributed by atoms with Gasteiger partial charge in [0.05, 0.1) is 0 Å². The summed E-state index contributed by atoms with van der Waals surface area (Å²) in [6.45, 7) is 5.15. The lowest BCUT2D eigenvalue weighted by Gasteiger charge is -2.37. The van der Waals surface area contributed by atoms with E-state index in [0.717, 1.165) is 32.2 Å². The molecule has 0 saturated carbocycles. The molecule has 0 aromatic rings. The quantitative estimate of drug-likeness (QED) is 0.754. The van der Waals surface area contributed by atoms with Gasteiger partial charge in [-0.25, -0.2) is 0 Å². The van der Waals surface area contributed by atoms with Crippen LogP contribution in [0.4, 0.5) is 0 Å². The molecule has 3 heteroatoms. The van der Waals surface area contributed by atoms with Gasteiger partial charge in [0.2, 0.25) is 0 Å². The van der Waals surface area contributed by atoms with Crippen LogP contribution in [0, 0.1) is 0 Å². The largest absolute Gasteiger partial charge is 0.480 e. The summed E-state index contributed by atoms with van der Waals surface area (Å²) in [4.78, 5) is 13.3. The predicted molar refractivity (Wildman–Crippen MR) is 56.4 cm³/mol. The highest BCUT2D eigenvalue weighted by atomic mass is 16.4. The molecule has 0 aromatic heterocycles. The van der Waals surface area contributed by atoms with Crippen molar-refractivity contribution in [2.75, 3.05) is 6.54 Å². The number of rotatable bonds is 4. The Morgan fingerprint density at radius 1 is 1.57 bits per heavy atom. The van der Waals surface area contributed by atoms with E-state index in [2.05, 4.69) is 11.8 Å². The van der Waals surface area contributed by atoms with Crippen LogP contribution in [0.5, 0.6) is 0 Å². The second-order valence-electron chi connectivity index (χ2n) is 4.23. The molecule has 0 spiro atoms. The topological polar surface area (TPSA) is 40.5 Å². The Morgan fingerprint density at radius 3 is 2.79 bits per heavy atom. The van der Waals surface area contributed by atoms with E-state index in [4.69, 9.17) is 5.11 Å². The van der Waals surface area contributed by atoms with E-state index < -0.39 is 5.97 Å². The maximum Gasteiger partial charge on any atom is 0.320 e. The zero-order valence-corrected chi connectivity index (χ0v) is 9.20. The third-order valence-corrected chi connectivity index (χ3v) is 3.10. The van der Waals surface area contributed by atoms with Crippen molar-refractivity contribution in [2.45, 2.75) is 58.0 Å². The van der Waals surface area contributed by atoms with Crippen molar-refractivity contribution in [3.05, 3.63) is 0 Å². The van der Waals surface area contributed by atoms with Crippen molar-refractivity contribution in [1.29, 1.82) is 0 Å². The number of hydrogen-bond acceptors (Lipinski definition) is 2. The molecule has 2 atom stereocenters. The number of carbonyl (C=O) groups is 1. The Balaban J connectivity index is 2.60. The van der Waals surface area contributed by atoms with Gasteiger partial charge in [-0.05, 0) is 32.7 Å². The Labute approximate surface area is 86.1 Å². The molecule has 1 heterocycles. The Kier molecular flexibility index (Phi) is 4.39. The van der Waals surface area contributed by atoms with Crippen LogP contribution < -0.4 is 0 Å². The summed E-state index contributed by atoms with van der Waals surface area (Å²) < 4.78 is 0. The van der Waals surface area contributed by atoms with Crippen LogP contribution in [0.15, 0.2) is 0 Å². The molecular weight excluding hydrogens is 178 g/mol. The van der Waals surface area contributed by atoms with Gasteiger partial charge in [0, 0.05) is 6.04 Å².